The van der Waals surface area contributed by atoms with Gasteiger partial charge < -0.3 is 15.5 Å². The van der Waals surface area contributed by atoms with Gasteiger partial charge in [0.25, 0.3) is 11.8 Å². The van der Waals surface area contributed by atoms with Crippen molar-refractivity contribution in [3.05, 3.63) is 64.6 Å². The Morgan fingerprint density at radius 2 is 1.75 bits per heavy atom. The number of amides is 2. The normalized spacial score (nSPS) is 14.7. The molecule has 0 aromatic heterocycles. The van der Waals surface area contributed by atoms with E-state index in [0.717, 1.165) is 30.1 Å². The van der Waals surface area contributed by atoms with Crippen LogP contribution in [0.15, 0.2) is 58.3 Å². The summed E-state index contributed by atoms with van der Waals surface area (Å²) in [5.74, 6) is 1.00. The smallest absolute Gasteiger partial charge is 0.262 e. The summed E-state index contributed by atoms with van der Waals surface area (Å²) in [4.78, 5) is 28.3. The molecule has 1 aliphatic rings. The number of nitrogens with one attached hydrogen (secondary N) is 3. The summed E-state index contributed by atoms with van der Waals surface area (Å²) < 4.78 is 0. The summed E-state index contributed by atoms with van der Waals surface area (Å²) >= 11 is 1.43. The fourth-order valence-corrected chi connectivity index (χ4v) is 4.83. The van der Waals surface area contributed by atoms with Crippen LogP contribution in [-0.4, -0.2) is 38.0 Å². The molecule has 0 fully saturated rings. The summed E-state index contributed by atoms with van der Waals surface area (Å²) in [6.45, 7) is 12.7. The summed E-state index contributed by atoms with van der Waals surface area (Å²) in [7, 11) is 0. The molecule has 2 aromatic carbocycles. The molecule has 5 nitrogen and oxygen atoms in total. The van der Waals surface area contributed by atoms with E-state index >= 15 is 0 Å². The molecule has 3 rings (SSSR count). The van der Waals surface area contributed by atoms with Crippen LogP contribution in [-0.2, 0) is 4.79 Å². The predicted octanol–water partition coefficient (Wildman–Crippen LogP) is 3.70. The molecule has 0 unspecified atom stereocenters. The van der Waals surface area contributed by atoms with Crippen molar-refractivity contribution in [2.75, 3.05) is 31.5 Å². The monoisotopic (exact) mass is 452 g/mol. The van der Waals surface area contributed by atoms with Gasteiger partial charge in [0.1, 0.15) is 0 Å². The molecule has 2 aromatic rings. The van der Waals surface area contributed by atoms with Gasteiger partial charge in [-0.15, -0.1) is 0 Å². The molecule has 170 valence electrons. The molecule has 2 amide bonds. The SMILES string of the molecule is CC(C)C[NH+](CCNC(=O)c1ccc2c(c1)NC(=O)C(=Cc1ccccc1)S2)CC(C)C. The van der Waals surface area contributed by atoms with Crippen molar-refractivity contribution in [2.24, 2.45) is 11.8 Å². The third-order valence-corrected chi connectivity index (χ3v) is 6.29. The number of thioether (sulfide) groups is 1. The van der Waals surface area contributed by atoms with Gasteiger partial charge in [0.2, 0.25) is 0 Å². The molecule has 3 N–H and O–H groups in total. The van der Waals surface area contributed by atoms with Crippen LogP contribution in [0.4, 0.5) is 5.69 Å². The molecule has 0 spiro atoms. The van der Waals surface area contributed by atoms with Gasteiger partial charge in [0.15, 0.2) is 0 Å². The lowest BCUT2D eigenvalue weighted by Crippen LogP contribution is -3.13. The second kappa shape index (κ2) is 11.3. The van der Waals surface area contributed by atoms with Crippen molar-refractivity contribution in [2.45, 2.75) is 32.6 Å². The maximum absolute atomic E-state index is 12.7. The van der Waals surface area contributed by atoms with E-state index in [0.29, 0.717) is 34.5 Å². The van der Waals surface area contributed by atoms with E-state index in [1.807, 2.05) is 48.5 Å². The minimum Gasteiger partial charge on any atom is -0.346 e. The highest BCUT2D eigenvalue weighted by Gasteiger charge is 2.22. The van der Waals surface area contributed by atoms with Crippen LogP contribution in [0.25, 0.3) is 6.08 Å². The van der Waals surface area contributed by atoms with E-state index in [4.69, 9.17) is 0 Å². The Bertz CT molecular complexity index is 960. The highest BCUT2D eigenvalue weighted by molar-refractivity contribution is 8.04. The minimum atomic E-state index is -0.148. The van der Waals surface area contributed by atoms with Crippen LogP contribution >= 0.6 is 11.8 Å². The molecule has 1 aliphatic heterocycles. The summed E-state index contributed by atoms with van der Waals surface area (Å²) in [6.07, 6.45) is 1.88. The number of hydrogen-bond donors (Lipinski definition) is 3. The predicted molar refractivity (Wildman–Crippen MR) is 133 cm³/mol. The Kier molecular flexibility index (Phi) is 8.53. The lowest BCUT2D eigenvalue weighted by atomic mass is 10.1. The second-order valence-electron chi connectivity index (χ2n) is 9.14. The molecular weight excluding hydrogens is 418 g/mol. The van der Waals surface area contributed by atoms with Crippen molar-refractivity contribution in [1.29, 1.82) is 0 Å². The summed E-state index contributed by atoms with van der Waals surface area (Å²) in [6, 6.07) is 15.3. The number of carbonyl (C=O) groups is 2. The van der Waals surface area contributed by atoms with Gasteiger partial charge in [-0.05, 0) is 29.8 Å². The van der Waals surface area contributed by atoms with Crippen molar-refractivity contribution in [3.63, 3.8) is 0 Å². The number of carbonyl (C=O) groups excluding carboxylic acids is 2. The molecule has 0 aliphatic carbocycles. The van der Waals surface area contributed by atoms with E-state index < -0.39 is 0 Å². The highest BCUT2D eigenvalue weighted by Crippen LogP contribution is 2.39. The van der Waals surface area contributed by atoms with Crippen LogP contribution in [0.1, 0.15) is 43.6 Å². The lowest BCUT2D eigenvalue weighted by molar-refractivity contribution is -0.904. The van der Waals surface area contributed by atoms with Crippen LogP contribution < -0.4 is 15.5 Å². The standard InChI is InChI=1S/C26H33N3O2S/c1-18(2)16-29(17-19(3)4)13-12-27-25(30)21-10-11-23-22(15-21)28-26(31)24(32-23)14-20-8-6-5-7-9-20/h5-11,14-15,18-19H,12-13,16-17H2,1-4H3,(H,27,30)(H,28,31)/p+1. The molecule has 0 bridgehead atoms. The Morgan fingerprint density at radius 3 is 2.41 bits per heavy atom. The van der Waals surface area contributed by atoms with Gasteiger partial charge in [-0.2, -0.15) is 0 Å². The molecule has 6 heteroatoms. The number of rotatable bonds is 9. The molecular formula is C26H34N3O2S+. The Labute approximate surface area is 195 Å². The fourth-order valence-electron chi connectivity index (χ4n) is 3.90. The summed E-state index contributed by atoms with van der Waals surface area (Å²) in [5.41, 5.74) is 2.23. The Morgan fingerprint density at radius 1 is 1.06 bits per heavy atom. The van der Waals surface area contributed by atoms with Gasteiger partial charge in [0.05, 0.1) is 36.8 Å². The first-order valence-corrected chi connectivity index (χ1v) is 12.1. The van der Waals surface area contributed by atoms with Crippen molar-refractivity contribution < 1.29 is 14.5 Å². The van der Waals surface area contributed by atoms with E-state index in [-0.39, 0.29) is 11.8 Å². The maximum atomic E-state index is 12.7. The van der Waals surface area contributed by atoms with Gasteiger partial charge >= 0.3 is 0 Å². The van der Waals surface area contributed by atoms with Crippen LogP contribution in [0, 0.1) is 11.8 Å². The third kappa shape index (κ3) is 6.97. The van der Waals surface area contributed by atoms with Crippen molar-refractivity contribution >= 4 is 35.3 Å². The third-order valence-electron chi connectivity index (χ3n) is 5.19. The average molecular weight is 453 g/mol. The molecule has 0 saturated heterocycles. The molecule has 1 heterocycles. The zero-order valence-electron chi connectivity index (χ0n) is 19.4. The van der Waals surface area contributed by atoms with E-state index in [1.54, 1.807) is 6.07 Å². The number of benzene rings is 2. The minimum absolute atomic E-state index is 0.105. The highest BCUT2D eigenvalue weighted by atomic mass is 32.2. The van der Waals surface area contributed by atoms with Crippen LogP contribution in [0.5, 0.6) is 0 Å². The molecule has 0 radical (unpaired) electrons. The Hall–Kier alpha value is -2.57. The largest absolute Gasteiger partial charge is 0.346 e. The quantitative estimate of drug-likeness (QED) is 0.509. The van der Waals surface area contributed by atoms with Gasteiger partial charge in [-0.25, -0.2) is 0 Å². The van der Waals surface area contributed by atoms with Crippen molar-refractivity contribution in [3.8, 4) is 0 Å². The molecule has 0 saturated carbocycles. The number of anilines is 1. The number of hydrogen-bond acceptors (Lipinski definition) is 3. The van der Waals surface area contributed by atoms with Gasteiger partial charge in [-0.1, -0.05) is 69.8 Å². The number of fused-ring (bicyclic) bond motifs is 1. The fraction of sp³-hybridized carbons (Fsp3) is 0.385. The van der Waals surface area contributed by atoms with Crippen LogP contribution in [0.3, 0.4) is 0 Å². The first-order valence-electron chi connectivity index (χ1n) is 11.3. The van der Waals surface area contributed by atoms with Crippen molar-refractivity contribution in [1.82, 2.24) is 5.32 Å². The average Bonchev–Trinajstić information content (AvgIpc) is 2.73. The Balaban J connectivity index is 1.61. The lowest BCUT2D eigenvalue weighted by Gasteiger charge is -2.23. The maximum Gasteiger partial charge on any atom is 0.262 e. The zero-order chi connectivity index (χ0) is 23.1. The first-order chi connectivity index (χ1) is 15.3. The van der Waals surface area contributed by atoms with Gasteiger partial charge in [-0.3, -0.25) is 9.59 Å². The van der Waals surface area contributed by atoms with E-state index in [1.165, 1.54) is 16.7 Å². The van der Waals surface area contributed by atoms with Gasteiger partial charge in [0, 0.05) is 22.3 Å². The second-order valence-corrected chi connectivity index (χ2v) is 10.2. The van der Waals surface area contributed by atoms with Crippen LogP contribution in [0.2, 0.25) is 0 Å². The van der Waals surface area contributed by atoms with E-state index in [2.05, 4.69) is 38.3 Å². The van der Waals surface area contributed by atoms with E-state index in [9.17, 15) is 9.59 Å². The molecule has 0 atom stereocenters. The zero-order valence-corrected chi connectivity index (χ0v) is 20.2. The number of quaternary nitrogens is 1. The summed E-state index contributed by atoms with van der Waals surface area (Å²) in [5, 5.41) is 5.98. The molecule has 32 heavy (non-hydrogen) atoms. The topological polar surface area (TPSA) is 62.6 Å². The first kappa shape index (κ1) is 24.1.